The number of hydrogen-bond acceptors (Lipinski definition) is 5. The third-order valence-corrected chi connectivity index (χ3v) is 4.49. The van der Waals surface area contributed by atoms with Crippen LogP contribution in [-0.2, 0) is 19.6 Å². The van der Waals surface area contributed by atoms with Crippen LogP contribution in [0.2, 0.25) is 0 Å². The van der Waals surface area contributed by atoms with Crippen LogP contribution >= 0.6 is 0 Å². The van der Waals surface area contributed by atoms with E-state index in [1.807, 2.05) is 35.1 Å². The van der Waals surface area contributed by atoms with E-state index in [4.69, 9.17) is 0 Å². The summed E-state index contributed by atoms with van der Waals surface area (Å²) < 4.78 is 26.0. The zero-order chi connectivity index (χ0) is 18.3. The summed E-state index contributed by atoms with van der Waals surface area (Å²) in [5, 5.41) is 2.41. The molecular weight excluding hydrogens is 342 g/mol. The van der Waals surface area contributed by atoms with Crippen LogP contribution in [0.5, 0.6) is 0 Å². The van der Waals surface area contributed by atoms with Gasteiger partial charge in [-0.1, -0.05) is 30.3 Å². The molecule has 0 fully saturated rings. The van der Waals surface area contributed by atoms with Crippen molar-refractivity contribution in [2.24, 2.45) is 0 Å². The SMILES string of the molecule is C[C@@H](NC(=O)/C=C\c1ccccc1)C(=O)NS(=O)(=O)c1cccnc1. The first-order valence-corrected chi connectivity index (χ1v) is 8.87. The maximum atomic E-state index is 12.0. The molecule has 2 aromatic rings. The van der Waals surface area contributed by atoms with E-state index in [-0.39, 0.29) is 4.90 Å². The zero-order valence-corrected chi connectivity index (χ0v) is 14.2. The molecule has 130 valence electrons. The Kier molecular flexibility index (Phi) is 6.02. The van der Waals surface area contributed by atoms with Gasteiger partial charge in [0.15, 0.2) is 0 Å². The summed E-state index contributed by atoms with van der Waals surface area (Å²) in [5.41, 5.74) is 0.828. The van der Waals surface area contributed by atoms with Gasteiger partial charge in [-0.25, -0.2) is 13.1 Å². The van der Waals surface area contributed by atoms with Gasteiger partial charge in [0.05, 0.1) is 0 Å². The first-order chi connectivity index (χ1) is 11.9. The fraction of sp³-hybridized carbons (Fsp3) is 0.118. The van der Waals surface area contributed by atoms with Gasteiger partial charge in [0, 0.05) is 18.5 Å². The van der Waals surface area contributed by atoms with Crippen LogP contribution in [0.15, 0.2) is 65.8 Å². The Morgan fingerprint density at radius 2 is 1.84 bits per heavy atom. The molecular formula is C17H17N3O4S. The van der Waals surface area contributed by atoms with Crippen molar-refractivity contribution in [3.8, 4) is 0 Å². The molecule has 0 radical (unpaired) electrons. The van der Waals surface area contributed by atoms with E-state index in [9.17, 15) is 18.0 Å². The van der Waals surface area contributed by atoms with Crippen molar-refractivity contribution in [1.82, 2.24) is 15.0 Å². The highest BCUT2D eigenvalue weighted by atomic mass is 32.2. The van der Waals surface area contributed by atoms with Crippen LogP contribution in [0.3, 0.4) is 0 Å². The molecule has 1 aromatic heterocycles. The molecule has 2 N–H and O–H groups in total. The zero-order valence-electron chi connectivity index (χ0n) is 13.4. The lowest BCUT2D eigenvalue weighted by molar-refractivity contribution is -0.125. The third kappa shape index (κ3) is 5.54. The molecule has 0 aliphatic heterocycles. The molecule has 0 unspecified atom stereocenters. The maximum Gasteiger partial charge on any atom is 0.265 e. The topological polar surface area (TPSA) is 105 Å². The molecule has 1 atom stereocenters. The van der Waals surface area contributed by atoms with E-state index < -0.39 is 27.9 Å². The van der Waals surface area contributed by atoms with Crippen molar-refractivity contribution in [1.29, 1.82) is 0 Å². The standard InChI is InChI=1S/C17H17N3O4S/c1-13(19-16(21)10-9-14-6-3-2-4-7-14)17(22)20-25(23,24)15-8-5-11-18-12-15/h2-13H,1H3,(H,19,21)(H,20,22)/b10-9-/t13-/m1/s1. The quantitative estimate of drug-likeness (QED) is 0.752. The molecule has 0 aliphatic rings. The van der Waals surface area contributed by atoms with Crippen LogP contribution in [0.4, 0.5) is 0 Å². The average molecular weight is 359 g/mol. The molecule has 0 spiro atoms. The van der Waals surface area contributed by atoms with E-state index in [0.717, 1.165) is 11.8 Å². The molecule has 0 saturated carbocycles. The Labute approximate surface area is 145 Å². The van der Waals surface area contributed by atoms with Crippen molar-refractivity contribution in [3.05, 3.63) is 66.5 Å². The highest BCUT2D eigenvalue weighted by molar-refractivity contribution is 7.90. The summed E-state index contributed by atoms with van der Waals surface area (Å²) >= 11 is 0. The molecule has 25 heavy (non-hydrogen) atoms. The predicted octanol–water partition coefficient (Wildman–Crippen LogP) is 1.10. The number of hydrogen-bond donors (Lipinski definition) is 2. The third-order valence-electron chi connectivity index (χ3n) is 3.16. The number of nitrogens with one attached hydrogen (secondary N) is 2. The number of sulfonamides is 1. The first kappa shape index (κ1) is 18.3. The van der Waals surface area contributed by atoms with Crippen molar-refractivity contribution < 1.29 is 18.0 Å². The fourth-order valence-electron chi connectivity index (χ4n) is 1.85. The molecule has 1 aromatic carbocycles. The second kappa shape index (κ2) is 8.20. The van der Waals surface area contributed by atoms with Gasteiger partial charge in [-0.3, -0.25) is 14.6 Å². The van der Waals surface area contributed by atoms with Gasteiger partial charge < -0.3 is 5.32 Å². The van der Waals surface area contributed by atoms with Gasteiger partial charge in [-0.2, -0.15) is 0 Å². The second-order valence-electron chi connectivity index (χ2n) is 5.13. The maximum absolute atomic E-state index is 12.0. The van der Waals surface area contributed by atoms with Gasteiger partial charge in [-0.05, 0) is 30.7 Å². The van der Waals surface area contributed by atoms with E-state index in [0.29, 0.717) is 0 Å². The summed E-state index contributed by atoms with van der Waals surface area (Å²) in [6.45, 7) is 1.39. The van der Waals surface area contributed by atoms with Crippen molar-refractivity contribution >= 4 is 27.9 Å². The number of carbonyl (C=O) groups is 2. The number of pyridine rings is 1. The van der Waals surface area contributed by atoms with Gasteiger partial charge in [-0.15, -0.1) is 0 Å². The minimum atomic E-state index is -4.03. The number of nitrogens with zero attached hydrogens (tertiary/aromatic N) is 1. The molecule has 0 saturated heterocycles. The van der Waals surface area contributed by atoms with Gasteiger partial charge in [0.1, 0.15) is 10.9 Å². The average Bonchev–Trinajstić information content (AvgIpc) is 2.61. The lowest BCUT2D eigenvalue weighted by atomic mass is 10.2. The first-order valence-electron chi connectivity index (χ1n) is 7.39. The van der Waals surface area contributed by atoms with Crippen LogP contribution in [0.25, 0.3) is 6.08 Å². The van der Waals surface area contributed by atoms with E-state index in [1.54, 1.807) is 6.08 Å². The normalized spacial score (nSPS) is 12.5. The minimum absolute atomic E-state index is 0.133. The molecule has 8 heteroatoms. The minimum Gasteiger partial charge on any atom is -0.341 e. The number of aromatic nitrogens is 1. The number of amides is 2. The van der Waals surface area contributed by atoms with E-state index in [2.05, 4.69) is 10.3 Å². The number of benzene rings is 1. The molecule has 0 aliphatic carbocycles. The summed E-state index contributed by atoms with van der Waals surface area (Å²) in [6.07, 6.45) is 5.41. The summed E-state index contributed by atoms with van der Waals surface area (Å²) in [7, 11) is -4.03. The predicted molar refractivity (Wildman–Crippen MR) is 92.6 cm³/mol. The van der Waals surface area contributed by atoms with Crippen molar-refractivity contribution in [2.75, 3.05) is 0 Å². The van der Waals surface area contributed by atoms with Gasteiger partial charge in [0.2, 0.25) is 5.91 Å². The molecule has 1 heterocycles. The Morgan fingerprint density at radius 1 is 1.12 bits per heavy atom. The van der Waals surface area contributed by atoms with E-state index in [1.165, 1.54) is 31.3 Å². The Bertz CT molecular complexity index is 865. The lowest BCUT2D eigenvalue weighted by Crippen LogP contribution is -2.46. The molecule has 0 bridgehead atoms. The monoisotopic (exact) mass is 359 g/mol. The number of rotatable bonds is 6. The van der Waals surface area contributed by atoms with Crippen molar-refractivity contribution in [3.63, 3.8) is 0 Å². The second-order valence-corrected chi connectivity index (χ2v) is 6.82. The highest BCUT2D eigenvalue weighted by Crippen LogP contribution is 2.05. The van der Waals surface area contributed by atoms with Gasteiger partial charge >= 0.3 is 0 Å². The molecule has 2 amide bonds. The fourth-order valence-corrected chi connectivity index (χ4v) is 2.87. The summed E-state index contributed by atoms with van der Waals surface area (Å²) in [4.78, 5) is 27.4. The van der Waals surface area contributed by atoms with Gasteiger partial charge in [0.25, 0.3) is 15.9 Å². The molecule has 2 rings (SSSR count). The Hall–Kier alpha value is -3.00. The molecule has 7 nitrogen and oxygen atoms in total. The van der Waals surface area contributed by atoms with Crippen LogP contribution in [-0.4, -0.2) is 31.3 Å². The number of carbonyl (C=O) groups excluding carboxylic acids is 2. The highest BCUT2D eigenvalue weighted by Gasteiger charge is 2.22. The summed E-state index contributed by atoms with van der Waals surface area (Å²) in [6, 6.07) is 10.9. The van der Waals surface area contributed by atoms with Crippen molar-refractivity contribution in [2.45, 2.75) is 17.9 Å². The Morgan fingerprint density at radius 3 is 2.48 bits per heavy atom. The van der Waals surface area contributed by atoms with E-state index >= 15 is 0 Å². The summed E-state index contributed by atoms with van der Waals surface area (Å²) in [5.74, 6) is -1.35. The van der Waals surface area contributed by atoms with Crippen LogP contribution in [0.1, 0.15) is 12.5 Å². The largest absolute Gasteiger partial charge is 0.341 e. The smallest absolute Gasteiger partial charge is 0.265 e. The Balaban J connectivity index is 1.94. The van der Waals surface area contributed by atoms with Crippen LogP contribution < -0.4 is 10.0 Å². The van der Waals surface area contributed by atoms with Crippen LogP contribution in [0, 0.1) is 0 Å². The lowest BCUT2D eigenvalue weighted by Gasteiger charge is -2.13.